The Kier molecular flexibility index (Phi) is 5.61. The molecule has 2 amide bonds. The monoisotopic (exact) mass is 374 g/mol. The number of amides is 2. The Bertz CT molecular complexity index is 777. The van der Waals surface area contributed by atoms with Crippen LogP contribution in [0.3, 0.4) is 0 Å². The predicted molar refractivity (Wildman–Crippen MR) is 101 cm³/mol. The summed E-state index contributed by atoms with van der Waals surface area (Å²) in [4.78, 5) is 26.8. The Hall–Kier alpha value is -2.34. The van der Waals surface area contributed by atoms with Gasteiger partial charge in [-0.2, -0.15) is 5.10 Å². The highest BCUT2D eigenvalue weighted by atomic mass is 35.5. The first-order valence-electron chi connectivity index (χ1n) is 8.84. The zero-order valence-electron chi connectivity index (χ0n) is 15.0. The number of piperidine rings is 1. The summed E-state index contributed by atoms with van der Waals surface area (Å²) in [6.07, 6.45) is 4.81. The van der Waals surface area contributed by atoms with Gasteiger partial charge in [0.2, 0.25) is 5.91 Å². The van der Waals surface area contributed by atoms with Gasteiger partial charge in [-0.1, -0.05) is 11.6 Å². The van der Waals surface area contributed by atoms with Crippen molar-refractivity contribution in [2.75, 3.05) is 18.4 Å². The molecule has 1 N–H and O–H groups in total. The minimum absolute atomic E-state index is 0.00750. The lowest BCUT2D eigenvalue weighted by Crippen LogP contribution is -2.41. The van der Waals surface area contributed by atoms with Crippen molar-refractivity contribution >= 4 is 29.1 Å². The van der Waals surface area contributed by atoms with Crippen molar-refractivity contribution in [2.45, 2.75) is 32.7 Å². The summed E-state index contributed by atoms with van der Waals surface area (Å²) in [6.45, 7) is 5.22. The lowest BCUT2D eigenvalue weighted by Gasteiger charge is -2.31. The van der Waals surface area contributed by atoms with Crippen molar-refractivity contribution in [3.63, 3.8) is 0 Å². The third-order valence-electron chi connectivity index (χ3n) is 4.64. The quantitative estimate of drug-likeness (QED) is 0.888. The predicted octanol–water partition coefficient (Wildman–Crippen LogP) is 3.61. The van der Waals surface area contributed by atoms with Gasteiger partial charge < -0.3 is 10.2 Å². The van der Waals surface area contributed by atoms with E-state index in [-0.39, 0.29) is 23.8 Å². The smallest absolute Gasteiger partial charge is 0.253 e. The molecule has 138 valence electrons. The Morgan fingerprint density at radius 1 is 1.19 bits per heavy atom. The number of benzene rings is 1. The topological polar surface area (TPSA) is 67.2 Å². The van der Waals surface area contributed by atoms with Crippen LogP contribution >= 0.6 is 11.6 Å². The molecular formula is C19H23ClN4O2. The van der Waals surface area contributed by atoms with Gasteiger partial charge in [-0.25, -0.2) is 0 Å². The maximum Gasteiger partial charge on any atom is 0.253 e. The van der Waals surface area contributed by atoms with E-state index in [4.69, 9.17) is 11.6 Å². The number of carbonyl (C=O) groups excluding carboxylic acids is 2. The fourth-order valence-corrected chi connectivity index (χ4v) is 3.18. The Morgan fingerprint density at radius 2 is 1.85 bits per heavy atom. The van der Waals surface area contributed by atoms with Gasteiger partial charge in [0.1, 0.15) is 0 Å². The van der Waals surface area contributed by atoms with Gasteiger partial charge in [-0.05, 0) is 51.0 Å². The summed E-state index contributed by atoms with van der Waals surface area (Å²) in [6, 6.07) is 7.15. The van der Waals surface area contributed by atoms with Crippen LogP contribution in [0.25, 0.3) is 0 Å². The number of hydrogen-bond donors (Lipinski definition) is 1. The highest BCUT2D eigenvalue weighted by Gasteiger charge is 2.28. The molecule has 0 radical (unpaired) electrons. The highest BCUT2D eigenvalue weighted by Crippen LogP contribution is 2.22. The number of rotatable bonds is 4. The fourth-order valence-electron chi connectivity index (χ4n) is 3.05. The normalized spacial score (nSPS) is 15.3. The summed E-state index contributed by atoms with van der Waals surface area (Å²) in [7, 11) is 0. The van der Waals surface area contributed by atoms with Gasteiger partial charge in [-0.3, -0.25) is 14.3 Å². The molecule has 3 rings (SSSR count). The van der Waals surface area contributed by atoms with Crippen LogP contribution in [0.2, 0.25) is 5.02 Å². The Morgan fingerprint density at radius 3 is 2.42 bits per heavy atom. The molecule has 0 unspecified atom stereocenters. The summed E-state index contributed by atoms with van der Waals surface area (Å²) in [5, 5.41) is 7.77. The molecule has 2 heterocycles. The number of hydrogen-bond acceptors (Lipinski definition) is 3. The number of nitrogens with one attached hydrogen (secondary N) is 1. The lowest BCUT2D eigenvalue weighted by molar-refractivity contribution is -0.121. The van der Waals surface area contributed by atoms with Gasteiger partial charge in [0, 0.05) is 41.8 Å². The number of aromatic nitrogens is 2. The van der Waals surface area contributed by atoms with Crippen molar-refractivity contribution in [3.8, 4) is 0 Å². The van der Waals surface area contributed by atoms with E-state index in [0.717, 1.165) is 0 Å². The van der Waals surface area contributed by atoms with Crippen LogP contribution in [0.15, 0.2) is 36.7 Å². The first kappa shape index (κ1) is 18.5. The van der Waals surface area contributed by atoms with E-state index in [1.54, 1.807) is 35.4 Å². The van der Waals surface area contributed by atoms with E-state index in [2.05, 4.69) is 10.4 Å². The molecule has 1 aliphatic rings. The van der Waals surface area contributed by atoms with Crippen LogP contribution in [0.1, 0.15) is 43.1 Å². The van der Waals surface area contributed by atoms with E-state index < -0.39 is 0 Å². The maximum absolute atomic E-state index is 12.5. The second kappa shape index (κ2) is 7.91. The standard InChI is InChI=1S/C19H23ClN4O2/c1-13(2)24-12-17(11-21-24)22-18(25)14-7-9-23(10-8-14)19(26)15-3-5-16(20)6-4-15/h3-6,11-14H,7-10H2,1-2H3,(H,22,25). The van der Waals surface area contributed by atoms with Gasteiger partial charge in [0.05, 0.1) is 11.9 Å². The first-order valence-corrected chi connectivity index (χ1v) is 9.21. The van der Waals surface area contributed by atoms with E-state index >= 15 is 0 Å². The zero-order chi connectivity index (χ0) is 18.7. The van der Waals surface area contributed by atoms with Crippen molar-refractivity contribution in [2.24, 2.45) is 5.92 Å². The average Bonchev–Trinajstić information content (AvgIpc) is 3.11. The number of nitrogens with zero attached hydrogens (tertiary/aromatic N) is 3. The zero-order valence-corrected chi connectivity index (χ0v) is 15.7. The molecule has 6 nitrogen and oxygen atoms in total. The molecule has 1 fully saturated rings. The van der Waals surface area contributed by atoms with Crippen molar-refractivity contribution in [3.05, 3.63) is 47.2 Å². The fraction of sp³-hybridized carbons (Fsp3) is 0.421. The second-order valence-corrected chi connectivity index (χ2v) is 7.30. The molecule has 2 aromatic rings. The molecule has 0 bridgehead atoms. The number of carbonyl (C=O) groups is 2. The molecule has 0 saturated carbocycles. The van der Waals surface area contributed by atoms with E-state index in [0.29, 0.717) is 42.2 Å². The molecule has 1 saturated heterocycles. The Balaban J connectivity index is 1.53. The molecule has 0 spiro atoms. The highest BCUT2D eigenvalue weighted by molar-refractivity contribution is 6.30. The first-order chi connectivity index (χ1) is 12.4. The van der Waals surface area contributed by atoms with Crippen LogP contribution < -0.4 is 5.32 Å². The van der Waals surface area contributed by atoms with E-state index in [1.807, 2.05) is 24.7 Å². The molecule has 0 atom stereocenters. The van der Waals surface area contributed by atoms with Crippen LogP contribution in [0.4, 0.5) is 5.69 Å². The van der Waals surface area contributed by atoms with Crippen LogP contribution in [-0.4, -0.2) is 39.6 Å². The van der Waals surface area contributed by atoms with Crippen molar-refractivity contribution < 1.29 is 9.59 Å². The van der Waals surface area contributed by atoms with Crippen LogP contribution in [0.5, 0.6) is 0 Å². The summed E-state index contributed by atoms with van der Waals surface area (Å²) in [5.41, 5.74) is 1.33. The molecule has 1 aromatic heterocycles. The maximum atomic E-state index is 12.5. The number of halogens is 1. The third kappa shape index (κ3) is 4.25. The molecular weight excluding hydrogens is 352 g/mol. The second-order valence-electron chi connectivity index (χ2n) is 6.87. The van der Waals surface area contributed by atoms with Crippen molar-refractivity contribution in [1.82, 2.24) is 14.7 Å². The summed E-state index contributed by atoms with van der Waals surface area (Å²) in [5.74, 6) is -0.114. The minimum Gasteiger partial charge on any atom is -0.339 e. The van der Waals surface area contributed by atoms with E-state index in [1.165, 1.54) is 0 Å². The summed E-state index contributed by atoms with van der Waals surface area (Å²) >= 11 is 5.87. The van der Waals surface area contributed by atoms with Gasteiger partial charge in [-0.15, -0.1) is 0 Å². The molecule has 7 heteroatoms. The molecule has 26 heavy (non-hydrogen) atoms. The van der Waals surface area contributed by atoms with Crippen molar-refractivity contribution in [1.29, 1.82) is 0 Å². The number of anilines is 1. The van der Waals surface area contributed by atoms with Gasteiger partial charge in [0.15, 0.2) is 0 Å². The molecule has 0 aliphatic carbocycles. The third-order valence-corrected chi connectivity index (χ3v) is 4.89. The SMILES string of the molecule is CC(C)n1cc(NC(=O)C2CCN(C(=O)c3ccc(Cl)cc3)CC2)cn1. The van der Waals surface area contributed by atoms with Gasteiger partial charge in [0.25, 0.3) is 5.91 Å². The minimum atomic E-state index is -0.0910. The van der Waals surface area contributed by atoms with Crippen LogP contribution in [-0.2, 0) is 4.79 Å². The van der Waals surface area contributed by atoms with Crippen LogP contribution in [0, 0.1) is 5.92 Å². The van der Waals surface area contributed by atoms with Gasteiger partial charge >= 0.3 is 0 Å². The molecule has 1 aliphatic heterocycles. The largest absolute Gasteiger partial charge is 0.339 e. The number of likely N-dealkylation sites (tertiary alicyclic amines) is 1. The molecule has 1 aromatic carbocycles. The Labute approximate surface area is 158 Å². The lowest BCUT2D eigenvalue weighted by atomic mass is 9.95. The summed E-state index contributed by atoms with van der Waals surface area (Å²) < 4.78 is 1.81. The average molecular weight is 375 g/mol. The van der Waals surface area contributed by atoms with E-state index in [9.17, 15) is 9.59 Å².